The number of hydrogen-bond donors (Lipinski definition) is 0. The number of aryl methyl sites for hydroxylation is 1. The average Bonchev–Trinajstić information content (AvgIpc) is 3.01. The quantitative estimate of drug-likeness (QED) is 0.599. The maximum atomic E-state index is 12.3. The van der Waals surface area contributed by atoms with Crippen LogP contribution in [-0.4, -0.2) is 42.8 Å². The monoisotopic (exact) mass is 388 g/mol. The topological polar surface area (TPSA) is 36.7 Å². The fourth-order valence-corrected chi connectivity index (χ4v) is 3.72. The highest BCUT2D eigenvalue weighted by Gasteiger charge is 2.22. The van der Waals surface area contributed by atoms with Gasteiger partial charge in [-0.2, -0.15) is 0 Å². The van der Waals surface area contributed by atoms with Crippen molar-refractivity contribution >= 4 is 17.4 Å². The number of nitrogens with zero attached hydrogens (tertiary/aromatic N) is 2. The molecular formula is C22H29ClN2O2. The fraction of sp³-hybridized carbons (Fsp3) is 0.500. The van der Waals surface area contributed by atoms with Gasteiger partial charge < -0.3 is 9.32 Å². The van der Waals surface area contributed by atoms with Crippen LogP contribution in [0.5, 0.6) is 0 Å². The van der Waals surface area contributed by atoms with Crippen molar-refractivity contribution in [3.63, 3.8) is 0 Å². The Morgan fingerprint density at radius 3 is 2.74 bits per heavy atom. The minimum atomic E-state index is 0.328. The maximum Gasteiger partial charge on any atom is 0.146 e. The molecule has 27 heavy (non-hydrogen) atoms. The van der Waals surface area contributed by atoms with E-state index in [1.54, 1.807) is 0 Å². The maximum absolute atomic E-state index is 12.3. The number of benzene rings is 1. The van der Waals surface area contributed by atoms with Gasteiger partial charge in [-0.05, 0) is 69.1 Å². The predicted octanol–water partition coefficient (Wildman–Crippen LogP) is 4.33. The Balaban J connectivity index is 1.38. The van der Waals surface area contributed by atoms with Crippen LogP contribution in [0.25, 0.3) is 0 Å². The minimum absolute atomic E-state index is 0.328. The molecule has 0 spiro atoms. The van der Waals surface area contributed by atoms with Gasteiger partial charge >= 0.3 is 0 Å². The molecule has 0 atom stereocenters. The molecule has 3 rings (SSSR count). The molecule has 0 radical (unpaired) electrons. The SMILES string of the molecule is CN(C)Cc1cc2c(o1)CN(CC(=O)CCCCc1ccc(Cl)cc1)CC2. The van der Waals surface area contributed by atoms with Crippen molar-refractivity contribution in [2.24, 2.45) is 0 Å². The van der Waals surface area contributed by atoms with Crippen molar-refractivity contribution in [2.45, 2.75) is 45.2 Å². The first kappa shape index (κ1) is 20.1. The molecule has 0 saturated carbocycles. The van der Waals surface area contributed by atoms with Crippen molar-refractivity contribution < 1.29 is 9.21 Å². The Morgan fingerprint density at radius 2 is 2.00 bits per heavy atom. The number of halogens is 1. The van der Waals surface area contributed by atoms with E-state index in [4.69, 9.17) is 16.0 Å². The lowest BCUT2D eigenvalue weighted by Crippen LogP contribution is -2.34. The zero-order chi connectivity index (χ0) is 19.2. The van der Waals surface area contributed by atoms with Crippen LogP contribution in [0.3, 0.4) is 0 Å². The molecule has 4 nitrogen and oxygen atoms in total. The highest BCUT2D eigenvalue weighted by molar-refractivity contribution is 6.30. The number of unbranched alkanes of at least 4 members (excludes halogenated alkanes) is 1. The normalized spacial score (nSPS) is 14.5. The molecule has 1 aliphatic heterocycles. The molecule has 0 fully saturated rings. The second-order valence-electron chi connectivity index (χ2n) is 7.73. The van der Waals surface area contributed by atoms with Crippen molar-refractivity contribution in [3.05, 3.63) is 58.0 Å². The summed E-state index contributed by atoms with van der Waals surface area (Å²) in [6.45, 7) is 3.04. The Kier molecular flexibility index (Phi) is 7.11. The van der Waals surface area contributed by atoms with Gasteiger partial charge in [0.25, 0.3) is 0 Å². The van der Waals surface area contributed by atoms with E-state index in [0.29, 0.717) is 18.7 Å². The highest BCUT2D eigenvalue weighted by Crippen LogP contribution is 2.23. The first-order valence-corrected chi connectivity index (χ1v) is 10.1. The van der Waals surface area contributed by atoms with Crippen LogP contribution in [0.1, 0.15) is 41.9 Å². The van der Waals surface area contributed by atoms with Gasteiger partial charge in [0, 0.05) is 18.0 Å². The van der Waals surface area contributed by atoms with Crippen LogP contribution in [0, 0.1) is 0 Å². The lowest BCUT2D eigenvalue weighted by molar-refractivity contribution is -0.120. The van der Waals surface area contributed by atoms with Gasteiger partial charge in [0.1, 0.15) is 17.3 Å². The van der Waals surface area contributed by atoms with Crippen LogP contribution >= 0.6 is 11.6 Å². The summed E-state index contributed by atoms with van der Waals surface area (Å²) < 4.78 is 5.98. The first-order valence-electron chi connectivity index (χ1n) is 9.73. The summed E-state index contributed by atoms with van der Waals surface area (Å²) in [4.78, 5) is 16.7. The van der Waals surface area contributed by atoms with E-state index >= 15 is 0 Å². The van der Waals surface area contributed by atoms with Crippen LogP contribution in [0.4, 0.5) is 0 Å². The van der Waals surface area contributed by atoms with Crippen LogP contribution in [0.2, 0.25) is 5.02 Å². The molecule has 0 saturated heterocycles. The third-order valence-corrected chi connectivity index (χ3v) is 5.22. The molecule has 0 aliphatic carbocycles. The number of furan rings is 1. The lowest BCUT2D eigenvalue weighted by atomic mass is 10.0. The molecule has 1 aromatic heterocycles. The molecule has 0 amide bonds. The van der Waals surface area contributed by atoms with Gasteiger partial charge in [0.05, 0.1) is 19.6 Å². The molecule has 5 heteroatoms. The molecule has 1 aromatic carbocycles. The standard InChI is InChI=1S/C22H29ClN2O2/c1-24(2)15-21-13-18-11-12-25(16-22(18)27-21)14-20(26)6-4-3-5-17-7-9-19(23)10-8-17/h7-10,13H,3-6,11-12,14-16H2,1-2H3. The van der Waals surface area contributed by atoms with Gasteiger partial charge in [0.15, 0.2) is 0 Å². The Bertz CT molecular complexity index is 752. The fourth-order valence-electron chi connectivity index (χ4n) is 3.59. The summed E-state index contributed by atoms with van der Waals surface area (Å²) in [6.07, 6.45) is 4.59. The van der Waals surface area contributed by atoms with E-state index in [-0.39, 0.29) is 0 Å². The van der Waals surface area contributed by atoms with Gasteiger partial charge in [-0.15, -0.1) is 0 Å². The summed E-state index contributed by atoms with van der Waals surface area (Å²) in [5, 5.41) is 0.768. The Hall–Kier alpha value is -1.62. The summed E-state index contributed by atoms with van der Waals surface area (Å²) in [7, 11) is 4.08. The van der Waals surface area contributed by atoms with Crippen molar-refractivity contribution in [1.29, 1.82) is 0 Å². The first-order chi connectivity index (χ1) is 13.0. The number of Topliss-reactive ketones (excluding diaryl/α,β-unsaturated/α-hetero) is 1. The third-order valence-electron chi connectivity index (χ3n) is 4.97. The van der Waals surface area contributed by atoms with Gasteiger partial charge in [0.2, 0.25) is 0 Å². The summed E-state index contributed by atoms with van der Waals surface area (Å²) >= 11 is 5.90. The summed E-state index contributed by atoms with van der Waals surface area (Å²) in [6, 6.07) is 10.1. The van der Waals surface area contributed by atoms with Gasteiger partial charge in [-0.1, -0.05) is 23.7 Å². The lowest BCUT2D eigenvalue weighted by Gasteiger charge is -2.24. The van der Waals surface area contributed by atoms with E-state index < -0.39 is 0 Å². The van der Waals surface area contributed by atoms with Gasteiger partial charge in [-0.3, -0.25) is 9.69 Å². The smallest absolute Gasteiger partial charge is 0.146 e. The van der Waals surface area contributed by atoms with E-state index in [1.165, 1.54) is 11.1 Å². The number of carbonyl (C=O) groups excluding carboxylic acids is 1. The van der Waals surface area contributed by atoms with Crippen LogP contribution in [0.15, 0.2) is 34.7 Å². The Labute approximate surface area is 167 Å². The average molecular weight is 389 g/mol. The van der Waals surface area contributed by atoms with Crippen LogP contribution < -0.4 is 0 Å². The number of fused-ring (bicyclic) bond motifs is 1. The number of rotatable bonds is 9. The largest absolute Gasteiger partial charge is 0.463 e. The third kappa shape index (κ3) is 6.20. The zero-order valence-electron chi connectivity index (χ0n) is 16.3. The molecule has 2 aromatic rings. The minimum Gasteiger partial charge on any atom is -0.463 e. The van der Waals surface area contributed by atoms with Crippen molar-refractivity contribution in [3.8, 4) is 0 Å². The van der Waals surface area contributed by atoms with Crippen molar-refractivity contribution in [2.75, 3.05) is 27.2 Å². The zero-order valence-corrected chi connectivity index (χ0v) is 17.1. The second kappa shape index (κ2) is 9.54. The van der Waals surface area contributed by atoms with E-state index in [1.807, 2.05) is 26.2 Å². The molecule has 1 aliphatic rings. The molecule has 0 unspecified atom stereocenters. The second-order valence-corrected chi connectivity index (χ2v) is 8.17. The van der Waals surface area contributed by atoms with E-state index in [2.05, 4.69) is 28.0 Å². The number of carbonyl (C=O) groups is 1. The highest BCUT2D eigenvalue weighted by atomic mass is 35.5. The number of hydrogen-bond acceptors (Lipinski definition) is 4. The Morgan fingerprint density at radius 1 is 1.22 bits per heavy atom. The van der Waals surface area contributed by atoms with E-state index in [9.17, 15) is 4.79 Å². The van der Waals surface area contributed by atoms with E-state index in [0.717, 1.165) is 61.9 Å². The predicted molar refractivity (Wildman–Crippen MR) is 109 cm³/mol. The molecule has 0 N–H and O–H groups in total. The molecule has 2 heterocycles. The number of ketones is 1. The summed E-state index contributed by atoms with van der Waals surface area (Å²) in [5.74, 6) is 2.38. The molecule has 146 valence electrons. The van der Waals surface area contributed by atoms with Crippen molar-refractivity contribution in [1.82, 2.24) is 9.80 Å². The van der Waals surface area contributed by atoms with Crippen LogP contribution in [-0.2, 0) is 30.7 Å². The summed E-state index contributed by atoms with van der Waals surface area (Å²) in [5.41, 5.74) is 2.58. The molecule has 0 bridgehead atoms. The molecular weight excluding hydrogens is 360 g/mol. The van der Waals surface area contributed by atoms with Gasteiger partial charge in [-0.25, -0.2) is 0 Å².